The van der Waals surface area contributed by atoms with Crippen LogP contribution >= 0.6 is 11.3 Å². The molecule has 1 N–H and O–H groups in total. The van der Waals surface area contributed by atoms with Crippen LogP contribution in [0.5, 0.6) is 5.75 Å². The van der Waals surface area contributed by atoms with E-state index in [1.165, 1.54) is 11.3 Å². The molecule has 0 aliphatic rings. The van der Waals surface area contributed by atoms with Gasteiger partial charge < -0.3 is 10.1 Å². The summed E-state index contributed by atoms with van der Waals surface area (Å²) < 4.78 is 5.56. The number of rotatable bonds is 5. The van der Waals surface area contributed by atoms with Crippen LogP contribution in [0.4, 0.5) is 0 Å². The third-order valence-corrected chi connectivity index (χ3v) is 3.76. The first-order chi connectivity index (χ1) is 9.26. The fraction of sp³-hybridized carbons (Fsp3) is 0.267. The van der Waals surface area contributed by atoms with Crippen molar-refractivity contribution in [2.75, 3.05) is 13.2 Å². The number of ether oxygens (including phenoxy) is 1. The van der Waals surface area contributed by atoms with E-state index in [9.17, 15) is 4.79 Å². The van der Waals surface area contributed by atoms with Crippen LogP contribution in [0.1, 0.15) is 23.5 Å². The zero-order chi connectivity index (χ0) is 13.7. The molecule has 0 aliphatic heterocycles. The number of carbonyl (C=O) groups excluding carboxylic acids is 1. The maximum atomic E-state index is 12.0. The van der Waals surface area contributed by atoms with Crippen molar-refractivity contribution in [2.24, 2.45) is 0 Å². The quantitative estimate of drug-likeness (QED) is 0.906. The number of hydrogen-bond acceptors (Lipinski definition) is 3. The van der Waals surface area contributed by atoms with Gasteiger partial charge in [0.15, 0.2) is 0 Å². The Balaban J connectivity index is 2.37. The average molecular weight is 275 g/mol. The summed E-state index contributed by atoms with van der Waals surface area (Å²) in [6.45, 7) is 4.99. The SMILES string of the molecule is CCNC(=O)c1sc(-c2ccccc2)cc1OCC. The molecule has 3 nitrogen and oxygen atoms in total. The molecule has 0 saturated carbocycles. The molecule has 0 bridgehead atoms. The van der Waals surface area contributed by atoms with Crippen LogP contribution in [0.25, 0.3) is 10.4 Å². The van der Waals surface area contributed by atoms with E-state index in [2.05, 4.69) is 5.32 Å². The van der Waals surface area contributed by atoms with Crippen molar-refractivity contribution in [3.63, 3.8) is 0 Å². The van der Waals surface area contributed by atoms with Gasteiger partial charge in [-0.05, 0) is 25.5 Å². The molecule has 0 spiro atoms. The molecule has 1 aromatic carbocycles. The van der Waals surface area contributed by atoms with E-state index in [4.69, 9.17) is 4.74 Å². The Morgan fingerprint density at radius 2 is 2.00 bits per heavy atom. The topological polar surface area (TPSA) is 38.3 Å². The highest BCUT2D eigenvalue weighted by molar-refractivity contribution is 7.17. The lowest BCUT2D eigenvalue weighted by molar-refractivity contribution is 0.0956. The lowest BCUT2D eigenvalue weighted by Gasteiger charge is -2.03. The zero-order valence-electron chi connectivity index (χ0n) is 11.1. The highest BCUT2D eigenvalue weighted by atomic mass is 32.1. The molecule has 0 radical (unpaired) electrons. The molecule has 0 fully saturated rings. The van der Waals surface area contributed by atoms with Crippen molar-refractivity contribution >= 4 is 17.2 Å². The van der Waals surface area contributed by atoms with E-state index in [0.29, 0.717) is 23.8 Å². The monoisotopic (exact) mass is 275 g/mol. The van der Waals surface area contributed by atoms with Crippen LogP contribution < -0.4 is 10.1 Å². The van der Waals surface area contributed by atoms with E-state index >= 15 is 0 Å². The Hall–Kier alpha value is -1.81. The maximum absolute atomic E-state index is 12.0. The Kier molecular flexibility index (Phi) is 4.58. The van der Waals surface area contributed by atoms with Gasteiger partial charge >= 0.3 is 0 Å². The summed E-state index contributed by atoms with van der Waals surface area (Å²) in [4.78, 5) is 13.7. The number of carbonyl (C=O) groups is 1. The lowest BCUT2D eigenvalue weighted by Crippen LogP contribution is -2.22. The molecule has 1 amide bonds. The van der Waals surface area contributed by atoms with Crippen LogP contribution in [0.15, 0.2) is 36.4 Å². The van der Waals surface area contributed by atoms with Gasteiger partial charge in [-0.2, -0.15) is 0 Å². The van der Waals surface area contributed by atoms with Gasteiger partial charge in [0, 0.05) is 11.4 Å². The van der Waals surface area contributed by atoms with E-state index in [1.807, 2.05) is 50.2 Å². The van der Waals surface area contributed by atoms with Crippen LogP contribution in [0.3, 0.4) is 0 Å². The van der Waals surface area contributed by atoms with Gasteiger partial charge in [0.05, 0.1) is 6.61 Å². The van der Waals surface area contributed by atoms with E-state index in [-0.39, 0.29) is 5.91 Å². The predicted octanol–water partition coefficient (Wildman–Crippen LogP) is 3.56. The standard InChI is InChI=1S/C15H17NO2S/c1-3-16-15(17)14-12(18-4-2)10-13(19-14)11-8-6-5-7-9-11/h5-10H,3-4H2,1-2H3,(H,16,17). The summed E-state index contributed by atoms with van der Waals surface area (Å²) in [5, 5.41) is 2.82. The Morgan fingerprint density at radius 3 is 2.63 bits per heavy atom. The molecule has 2 aromatic rings. The molecule has 4 heteroatoms. The van der Waals surface area contributed by atoms with Crippen molar-refractivity contribution in [1.82, 2.24) is 5.32 Å². The van der Waals surface area contributed by atoms with Gasteiger partial charge in [-0.1, -0.05) is 30.3 Å². The zero-order valence-corrected chi connectivity index (χ0v) is 11.9. The van der Waals surface area contributed by atoms with Crippen molar-refractivity contribution in [3.05, 3.63) is 41.3 Å². The Labute approximate surface area is 117 Å². The number of hydrogen-bond donors (Lipinski definition) is 1. The van der Waals surface area contributed by atoms with Gasteiger partial charge in [0.2, 0.25) is 0 Å². The molecule has 1 heterocycles. The number of amides is 1. The van der Waals surface area contributed by atoms with Crippen LogP contribution in [0.2, 0.25) is 0 Å². The molecule has 0 aliphatic carbocycles. The van der Waals surface area contributed by atoms with Gasteiger partial charge in [-0.25, -0.2) is 0 Å². The highest BCUT2D eigenvalue weighted by Gasteiger charge is 2.17. The molecular weight excluding hydrogens is 258 g/mol. The fourth-order valence-corrected chi connectivity index (χ4v) is 2.80. The summed E-state index contributed by atoms with van der Waals surface area (Å²) in [6.07, 6.45) is 0. The molecule has 0 unspecified atom stereocenters. The summed E-state index contributed by atoms with van der Waals surface area (Å²) in [7, 11) is 0. The largest absolute Gasteiger partial charge is 0.492 e. The minimum atomic E-state index is -0.0712. The average Bonchev–Trinajstić information content (AvgIpc) is 2.85. The van der Waals surface area contributed by atoms with Gasteiger partial charge in [0.1, 0.15) is 10.6 Å². The Bertz CT molecular complexity index is 549. The molecule has 2 rings (SSSR count). The number of benzene rings is 1. The summed E-state index contributed by atoms with van der Waals surface area (Å²) in [6, 6.07) is 12.0. The minimum Gasteiger partial charge on any atom is -0.492 e. The van der Waals surface area contributed by atoms with Crippen LogP contribution in [-0.2, 0) is 0 Å². The predicted molar refractivity (Wildman–Crippen MR) is 78.9 cm³/mol. The number of thiophene rings is 1. The summed E-state index contributed by atoms with van der Waals surface area (Å²) in [5.41, 5.74) is 1.10. The van der Waals surface area contributed by atoms with E-state index in [0.717, 1.165) is 10.4 Å². The third kappa shape index (κ3) is 3.15. The summed E-state index contributed by atoms with van der Waals surface area (Å²) in [5.74, 6) is 0.593. The van der Waals surface area contributed by atoms with Crippen molar-refractivity contribution in [3.8, 4) is 16.2 Å². The molecule has 0 saturated heterocycles. The third-order valence-electron chi connectivity index (χ3n) is 2.60. The minimum absolute atomic E-state index is 0.0712. The van der Waals surface area contributed by atoms with Gasteiger partial charge in [-0.3, -0.25) is 4.79 Å². The first kappa shape index (κ1) is 13.6. The van der Waals surface area contributed by atoms with Crippen molar-refractivity contribution < 1.29 is 9.53 Å². The smallest absolute Gasteiger partial charge is 0.265 e. The molecular formula is C15H17NO2S. The summed E-state index contributed by atoms with van der Waals surface area (Å²) >= 11 is 1.46. The fourth-order valence-electron chi connectivity index (χ4n) is 1.78. The Morgan fingerprint density at radius 1 is 1.26 bits per heavy atom. The van der Waals surface area contributed by atoms with Crippen LogP contribution in [0, 0.1) is 0 Å². The second kappa shape index (κ2) is 6.38. The normalized spacial score (nSPS) is 10.2. The van der Waals surface area contributed by atoms with E-state index in [1.54, 1.807) is 0 Å². The maximum Gasteiger partial charge on any atom is 0.265 e. The van der Waals surface area contributed by atoms with E-state index < -0.39 is 0 Å². The second-order valence-electron chi connectivity index (χ2n) is 3.96. The molecule has 1 aromatic heterocycles. The second-order valence-corrected chi connectivity index (χ2v) is 5.01. The van der Waals surface area contributed by atoms with Crippen LogP contribution in [-0.4, -0.2) is 19.1 Å². The van der Waals surface area contributed by atoms with Crippen molar-refractivity contribution in [1.29, 1.82) is 0 Å². The molecule has 100 valence electrons. The number of nitrogens with one attached hydrogen (secondary N) is 1. The highest BCUT2D eigenvalue weighted by Crippen LogP contribution is 2.36. The lowest BCUT2D eigenvalue weighted by atomic mass is 10.2. The van der Waals surface area contributed by atoms with Crippen molar-refractivity contribution in [2.45, 2.75) is 13.8 Å². The first-order valence-corrected chi connectivity index (χ1v) is 7.18. The first-order valence-electron chi connectivity index (χ1n) is 6.36. The van der Waals surface area contributed by atoms with Gasteiger partial charge in [-0.15, -0.1) is 11.3 Å². The molecule has 0 atom stereocenters. The van der Waals surface area contributed by atoms with Gasteiger partial charge in [0.25, 0.3) is 5.91 Å². The molecule has 19 heavy (non-hydrogen) atoms.